The van der Waals surface area contributed by atoms with Gasteiger partial charge in [0.1, 0.15) is 0 Å². The summed E-state index contributed by atoms with van der Waals surface area (Å²) in [6.45, 7) is 2.80. The van der Waals surface area contributed by atoms with Gasteiger partial charge in [0.05, 0.1) is 45.0 Å². The standard InChI is InChI=1S/C76H61N8O8.4BrH/c85-73(89-49-45-81-37-5-1-6-38-81)57-21-13-53(14-22-57)69-61-29-31-63(77-61)70(54-15-23-58(24-16-54)74(86)90-50-46-82-39-7-2-8-40-82)65-33-35-67(79-65)72(56-19-27-60(28-20-56)76(88)92-52-48-84-43-11-4-12-44-84)68-36-34-66(80-68)71(64-32-30-62(69)78-64)55-17-25-59(26-18-55)75(87)91-51-47-83-41-9-3-10-42-83;;;;/h1-44H,45-52H2,(H-,77,78,79,80,85,86,87,88);4*1H/q+3;;;;/p-3. The van der Waals surface area contributed by atoms with Crippen molar-refractivity contribution in [3.05, 3.63) is 289 Å². The molecule has 0 atom stereocenters. The summed E-state index contributed by atoms with van der Waals surface area (Å²) in [5, 5.41) is 0. The van der Waals surface area contributed by atoms with Gasteiger partial charge in [0.2, 0.25) is 0 Å². The molecule has 11 aromatic rings. The summed E-state index contributed by atoms with van der Waals surface area (Å²) in [5.41, 5.74) is 13.0. The quantitative estimate of drug-likeness (QED) is 0.0597. The first-order valence-electron chi connectivity index (χ1n) is 30.3. The first kappa shape index (κ1) is 70.2. The molecule has 0 unspecified atom stereocenters. The van der Waals surface area contributed by atoms with Gasteiger partial charge >= 0.3 is 23.9 Å². The van der Waals surface area contributed by atoms with Gasteiger partial charge in [0, 0.05) is 92.9 Å². The molecule has 0 saturated carbocycles. The van der Waals surface area contributed by atoms with Crippen molar-refractivity contribution in [3.63, 3.8) is 0 Å². The Balaban J connectivity index is 0.00000270. The van der Waals surface area contributed by atoms with Crippen LogP contribution in [-0.2, 0) is 45.1 Å². The van der Waals surface area contributed by atoms with Gasteiger partial charge in [-0.25, -0.2) is 47.4 Å². The topological polar surface area (TPSA) is 178 Å². The van der Waals surface area contributed by atoms with Crippen LogP contribution < -0.4 is 86.2 Å². The van der Waals surface area contributed by atoms with Gasteiger partial charge in [-0.15, -0.1) is 0 Å². The maximum absolute atomic E-state index is 13.5. The number of aromatic amines is 2. The zero-order valence-corrected chi connectivity index (χ0v) is 57.9. The third-order valence-electron chi connectivity index (χ3n) is 15.8. The summed E-state index contributed by atoms with van der Waals surface area (Å²) in [7, 11) is 0. The molecule has 16 nitrogen and oxygen atoms in total. The second-order valence-electron chi connectivity index (χ2n) is 21.8. The summed E-state index contributed by atoms with van der Waals surface area (Å²) in [5.74, 6) is -1.78. The molecular weight excluding hydrogens is 1470 g/mol. The number of aromatic nitrogens is 8. The summed E-state index contributed by atoms with van der Waals surface area (Å²) in [6, 6.07) is 60.4. The molecule has 9 heterocycles. The molecule has 0 saturated heterocycles. The van der Waals surface area contributed by atoms with Gasteiger partial charge in [-0.05, 0) is 119 Å². The highest BCUT2D eigenvalue weighted by Crippen LogP contribution is 2.39. The molecule has 0 amide bonds. The van der Waals surface area contributed by atoms with E-state index in [1.807, 2.05) is 238 Å². The number of rotatable bonds is 20. The lowest BCUT2D eigenvalue weighted by Gasteiger charge is -2.09. The van der Waals surface area contributed by atoms with Gasteiger partial charge in [-0.1, -0.05) is 72.8 Å². The first-order chi connectivity index (χ1) is 45.2. The number of hydrogen-bond donors (Lipinski definition) is 2. The molecule has 2 aliphatic rings. The fourth-order valence-corrected chi connectivity index (χ4v) is 11.2. The Morgan fingerprint density at radius 2 is 0.479 bits per heavy atom. The van der Waals surface area contributed by atoms with Gasteiger partial charge < -0.3 is 96.8 Å². The largest absolute Gasteiger partial charge is 1.00 e. The molecule has 0 radical (unpaired) electrons. The number of hydrogen-bond acceptors (Lipinski definition) is 10. The van der Waals surface area contributed by atoms with E-state index in [4.69, 9.17) is 28.9 Å². The van der Waals surface area contributed by atoms with Crippen LogP contribution in [-0.4, -0.2) is 70.2 Å². The van der Waals surface area contributed by atoms with Crippen molar-refractivity contribution in [2.24, 2.45) is 0 Å². The fourth-order valence-electron chi connectivity index (χ4n) is 11.2. The van der Waals surface area contributed by atoms with Crippen LogP contribution in [0.25, 0.3) is 90.9 Å². The van der Waals surface area contributed by atoms with Crippen LogP contribution in [0.2, 0.25) is 0 Å². The summed E-state index contributed by atoms with van der Waals surface area (Å²) in [6.07, 6.45) is 23.3. The Morgan fingerprint density at radius 1 is 0.281 bits per heavy atom. The average molecular weight is 1530 g/mol. The number of benzene rings is 4. The van der Waals surface area contributed by atoms with E-state index in [2.05, 4.69) is 9.97 Å². The van der Waals surface area contributed by atoms with Crippen LogP contribution in [0.5, 0.6) is 0 Å². The molecule has 482 valence electrons. The monoisotopic (exact) mass is 1530 g/mol. The molecule has 2 aliphatic heterocycles. The third-order valence-corrected chi connectivity index (χ3v) is 15.8. The Hall–Kier alpha value is -10.1. The van der Waals surface area contributed by atoms with E-state index >= 15 is 0 Å². The molecule has 0 fully saturated rings. The molecule has 0 aliphatic carbocycles. The van der Waals surface area contributed by atoms with E-state index < -0.39 is 23.9 Å². The summed E-state index contributed by atoms with van der Waals surface area (Å²) >= 11 is 0. The van der Waals surface area contributed by atoms with Gasteiger partial charge in [0.25, 0.3) is 0 Å². The van der Waals surface area contributed by atoms with Gasteiger partial charge in [-0.3, -0.25) is 0 Å². The van der Waals surface area contributed by atoms with E-state index in [9.17, 15) is 19.2 Å². The van der Waals surface area contributed by atoms with Crippen molar-refractivity contribution in [2.45, 2.75) is 26.2 Å². The Kier molecular flexibility index (Phi) is 24.4. The SMILES string of the molecule is O=C(OCC[n+]1ccccc1)c1ccc(-c2c3nc(c(-c4ccc(C(=O)OCC[n+]5ccccc5)cc4)c4ccc([nH]4)c(-c4ccc(C(=O)OCC[n+]5ccccc5)cc4)c4nc(c(-c5ccc(C(=O)OCC[n+]6ccccc6)cc5)c5ccc2[nH]5)C=C4)C=C3)cc1.[Br-].[Br-].[Br-].[Br-]. The minimum absolute atomic E-state index is 0. The normalized spacial score (nSPS) is 11.0. The lowest BCUT2D eigenvalue weighted by molar-refractivity contribution is -0.698. The Morgan fingerprint density at radius 3 is 0.677 bits per heavy atom. The lowest BCUT2D eigenvalue weighted by atomic mass is 10.0. The number of nitrogens with zero attached hydrogens (tertiary/aromatic N) is 6. The molecule has 13 rings (SSSR count). The predicted octanol–water partition coefficient (Wildman–Crippen LogP) is -0.0824. The minimum atomic E-state index is -0.445. The third kappa shape index (κ3) is 16.7. The molecule has 7 aromatic heterocycles. The van der Waals surface area contributed by atoms with Crippen LogP contribution in [0.15, 0.2) is 244 Å². The molecule has 0 spiro atoms. The molecule has 4 aromatic carbocycles. The zero-order chi connectivity index (χ0) is 62.6. The van der Waals surface area contributed by atoms with E-state index in [0.717, 1.165) is 66.6 Å². The van der Waals surface area contributed by atoms with Crippen LogP contribution in [0.1, 0.15) is 64.2 Å². The highest BCUT2D eigenvalue weighted by Gasteiger charge is 2.22. The van der Waals surface area contributed by atoms with Crippen LogP contribution in [0.4, 0.5) is 0 Å². The van der Waals surface area contributed by atoms with Crippen molar-refractivity contribution in [1.82, 2.24) is 19.9 Å². The molecule has 2 N–H and O–H groups in total. The van der Waals surface area contributed by atoms with Crippen molar-refractivity contribution in [3.8, 4) is 44.5 Å². The average Bonchev–Trinajstić information content (AvgIpc) is 1.61. The second kappa shape index (κ2) is 33.3. The van der Waals surface area contributed by atoms with Gasteiger partial charge in [-0.2, -0.15) is 0 Å². The number of H-pyrrole nitrogens is 2. The Bertz CT molecular complexity index is 4160. The number of nitrogens with one attached hydrogen (secondary N) is 2. The first-order valence-corrected chi connectivity index (χ1v) is 30.3. The summed E-state index contributed by atoms with van der Waals surface area (Å²) < 4.78 is 30.7. The van der Waals surface area contributed by atoms with Crippen LogP contribution >= 0.6 is 0 Å². The number of pyridine rings is 4. The number of fused-ring (bicyclic) bond motifs is 8. The fraction of sp³-hybridized carbons (Fsp3) is 0.105. The number of carbonyl (C=O) groups is 4. The highest BCUT2D eigenvalue weighted by atomic mass is 79.9. The number of halogens is 4. The van der Waals surface area contributed by atoms with Crippen LogP contribution in [0.3, 0.4) is 0 Å². The Labute approximate surface area is 596 Å². The number of esters is 4. The maximum Gasteiger partial charge on any atom is 0.338 e. The number of ether oxygens (including phenoxy) is 4. The molecule has 8 bridgehead atoms. The van der Waals surface area contributed by atoms with E-state index in [0.29, 0.717) is 71.2 Å². The van der Waals surface area contributed by atoms with E-state index in [1.165, 1.54) is 0 Å². The van der Waals surface area contributed by atoms with Crippen LogP contribution in [0, 0.1) is 0 Å². The van der Waals surface area contributed by atoms with Crippen molar-refractivity contribution < 1.29 is 124 Å². The van der Waals surface area contributed by atoms with Crippen molar-refractivity contribution in [1.29, 1.82) is 0 Å². The zero-order valence-electron chi connectivity index (χ0n) is 51.5. The maximum atomic E-state index is 13.5. The lowest BCUT2D eigenvalue weighted by Crippen LogP contribution is -3.00. The predicted molar refractivity (Wildman–Crippen MR) is 348 cm³/mol. The van der Waals surface area contributed by atoms with E-state index in [1.54, 1.807) is 48.5 Å². The smallest absolute Gasteiger partial charge is 0.338 e. The molecule has 20 heteroatoms. The summed E-state index contributed by atoms with van der Waals surface area (Å²) in [4.78, 5) is 72.5. The second-order valence-corrected chi connectivity index (χ2v) is 21.8. The minimum Gasteiger partial charge on any atom is -1.00 e. The van der Waals surface area contributed by atoms with Crippen molar-refractivity contribution >= 4 is 70.2 Å². The molecule has 96 heavy (non-hydrogen) atoms. The van der Waals surface area contributed by atoms with Crippen molar-refractivity contribution in [2.75, 3.05) is 26.4 Å². The van der Waals surface area contributed by atoms with Gasteiger partial charge in [0.15, 0.2) is 102 Å². The van der Waals surface area contributed by atoms with E-state index in [-0.39, 0.29) is 94.4 Å². The highest BCUT2D eigenvalue weighted by molar-refractivity contribution is 6.01. The number of carbonyl (C=O) groups excluding carboxylic acids is 4. The molecular formula is C76H62Br4N8O8.